The van der Waals surface area contributed by atoms with Gasteiger partial charge in [-0.15, -0.1) is 0 Å². The molecule has 4 heteroatoms. The zero-order valence-corrected chi connectivity index (χ0v) is 11.3. The van der Waals surface area contributed by atoms with Gasteiger partial charge in [0.2, 0.25) is 0 Å². The largest absolute Gasteiger partial charge is 0.304 e. The summed E-state index contributed by atoms with van der Waals surface area (Å²) < 4.78 is 4.11. The molecule has 0 N–H and O–H groups in total. The third kappa shape index (κ3) is 2.01. The number of rotatable bonds is 1. The number of hydrogen-bond acceptors (Lipinski definition) is 2. The molecule has 0 aliphatic rings. The second-order valence-corrected chi connectivity index (χ2v) is 3.86. The van der Waals surface area contributed by atoms with Gasteiger partial charge >= 0.3 is 0 Å². The Labute approximate surface area is 107 Å². The molecule has 18 heavy (non-hydrogen) atoms. The van der Waals surface area contributed by atoms with Crippen LogP contribution in [-0.4, -0.2) is 18.9 Å². The summed E-state index contributed by atoms with van der Waals surface area (Å²) in [4.78, 5) is 8.56. The van der Waals surface area contributed by atoms with Gasteiger partial charge in [0.05, 0.1) is 5.69 Å². The summed E-state index contributed by atoms with van der Waals surface area (Å²) in [6, 6.07) is 4.12. The summed E-state index contributed by atoms with van der Waals surface area (Å²) in [5.74, 6) is 0.979. The van der Waals surface area contributed by atoms with Gasteiger partial charge in [-0.1, -0.05) is 13.8 Å². The first-order valence-corrected chi connectivity index (χ1v) is 6.20. The lowest BCUT2D eigenvalue weighted by molar-refractivity contribution is 0.966. The normalized spacial score (nSPS) is 10.2. The lowest BCUT2D eigenvalue weighted by Gasteiger charge is -2.05. The van der Waals surface area contributed by atoms with E-state index in [1.165, 1.54) is 0 Å². The molecule has 94 valence electrons. The molecule has 3 aromatic rings. The number of fused-ring (bicyclic) bond motifs is 1. The Bertz CT molecular complexity index is 649. The van der Waals surface area contributed by atoms with Gasteiger partial charge in [-0.2, -0.15) is 0 Å². The summed E-state index contributed by atoms with van der Waals surface area (Å²) in [5, 5.41) is 0. The van der Waals surface area contributed by atoms with Crippen LogP contribution in [0.5, 0.6) is 0 Å². The maximum absolute atomic E-state index is 4.35. The Morgan fingerprint density at radius 1 is 1.06 bits per heavy atom. The van der Waals surface area contributed by atoms with E-state index < -0.39 is 0 Å². The first kappa shape index (κ1) is 12.4. The molecule has 0 aliphatic carbocycles. The second kappa shape index (κ2) is 5.04. The first-order chi connectivity index (χ1) is 8.75. The van der Waals surface area contributed by atoms with E-state index in [0.717, 1.165) is 22.9 Å². The molecule has 0 saturated heterocycles. The van der Waals surface area contributed by atoms with E-state index in [0.29, 0.717) is 0 Å². The molecule has 0 atom stereocenters. The Morgan fingerprint density at radius 2 is 1.83 bits per heavy atom. The van der Waals surface area contributed by atoms with Crippen LogP contribution in [0.3, 0.4) is 0 Å². The summed E-state index contributed by atoms with van der Waals surface area (Å²) in [5.41, 5.74) is 3.19. The summed E-state index contributed by atoms with van der Waals surface area (Å²) >= 11 is 0. The molecule has 4 nitrogen and oxygen atoms in total. The average Bonchev–Trinajstić information content (AvgIpc) is 2.98. The van der Waals surface area contributed by atoms with Crippen LogP contribution in [0.2, 0.25) is 0 Å². The van der Waals surface area contributed by atoms with Gasteiger partial charge in [-0.05, 0) is 19.9 Å². The fourth-order valence-corrected chi connectivity index (χ4v) is 1.90. The fourth-order valence-electron chi connectivity index (χ4n) is 1.90. The molecular formula is C14H18N4. The van der Waals surface area contributed by atoms with Gasteiger partial charge in [0.1, 0.15) is 11.5 Å². The summed E-state index contributed by atoms with van der Waals surface area (Å²) in [6.07, 6.45) is 7.67. The topological polar surface area (TPSA) is 35.1 Å². The van der Waals surface area contributed by atoms with Crippen molar-refractivity contribution in [3.05, 3.63) is 48.4 Å². The average molecular weight is 242 g/mol. The highest BCUT2D eigenvalue weighted by Gasteiger charge is 2.03. The maximum atomic E-state index is 4.35. The van der Waals surface area contributed by atoms with Crippen molar-refractivity contribution in [1.29, 1.82) is 0 Å². The van der Waals surface area contributed by atoms with Crippen molar-refractivity contribution < 1.29 is 0 Å². The van der Waals surface area contributed by atoms with Crippen molar-refractivity contribution in [1.82, 2.24) is 18.9 Å². The Morgan fingerprint density at radius 3 is 2.50 bits per heavy atom. The number of nitrogens with zero attached hydrogens (tertiary/aromatic N) is 4. The van der Waals surface area contributed by atoms with E-state index in [4.69, 9.17) is 0 Å². The van der Waals surface area contributed by atoms with Crippen LogP contribution in [0.1, 0.15) is 25.4 Å². The van der Waals surface area contributed by atoms with Crippen LogP contribution < -0.4 is 0 Å². The minimum Gasteiger partial charge on any atom is -0.304 e. The molecule has 3 aromatic heterocycles. The molecule has 0 saturated carbocycles. The van der Waals surface area contributed by atoms with Crippen molar-refractivity contribution in [2.45, 2.75) is 27.7 Å². The predicted molar refractivity (Wildman–Crippen MR) is 73.1 cm³/mol. The molecule has 0 amide bonds. The minimum atomic E-state index is 0.961. The standard InChI is InChI=1S/C12H12N4.C2H6/c1-9-8-14-12-7-11(3-5-15(9)12)16-6-4-13-10(16)2;1-2/h3-8H,1-2H3;1-2H3. The molecule has 0 fully saturated rings. The lowest BCUT2D eigenvalue weighted by Crippen LogP contribution is -1.97. The summed E-state index contributed by atoms with van der Waals surface area (Å²) in [6.45, 7) is 8.03. The Balaban J connectivity index is 0.000000574. The van der Waals surface area contributed by atoms with E-state index in [1.54, 1.807) is 6.20 Å². The van der Waals surface area contributed by atoms with Crippen molar-refractivity contribution in [3.63, 3.8) is 0 Å². The van der Waals surface area contributed by atoms with Crippen molar-refractivity contribution in [3.8, 4) is 5.69 Å². The van der Waals surface area contributed by atoms with E-state index in [1.807, 2.05) is 50.9 Å². The highest BCUT2D eigenvalue weighted by Crippen LogP contribution is 2.13. The van der Waals surface area contributed by atoms with Gasteiger partial charge in [0, 0.05) is 36.5 Å². The smallest absolute Gasteiger partial charge is 0.138 e. The summed E-state index contributed by atoms with van der Waals surface area (Å²) in [7, 11) is 0. The van der Waals surface area contributed by atoms with Crippen molar-refractivity contribution in [2.24, 2.45) is 0 Å². The zero-order valence-electron chi connectivity index (χ0n) is 11.3. The molecular weight excluding hydrogens is 224 g/mol. The second-order valence-electron chi connectivity index (χ2n) is 3.86. The van der Waals surface area contributed by atoms with Crippen LogP contribution in [-0.2, 0) is 0 Å². The van der Waals surface area contributed by atoms with E-state index >= 15 is 0 Å². The van der Waals surface area contributed by atoms with Gasteiger partial charge in [0.15, 0.2) is 0 Å². The SMILES string of the molecule is CC.Cc1nccn1-c1ccn2c(C)cnc2c1. The van der Waals surface area contributed by atoms with Gasteiger partial charge in [-0.25, -0.2) is 9.97 Å². The molecule has 3 heterocycles. The monoisotopic (exact) mass is 242 g/mol. The van der Waals surface area contributed by atoms with Crippen molar-refractivity contribution >= 4 is 5.65 Å². The van der Waals surface area contributed by atoms with Gasteiger partial charge in [0.25, 0.3) is 0 Å². The number of pyridine rings is 1. The van der Waals surface area contributed by atoms with Crippen LogP contribution in [0.4, 0.5) is 0 Å². The molecule has 0 aliphatic heterocycles. The van der Waals surface area contributed by atoms with E-state index in [9.17, 15) is 0 Å². The van der Waals surface area contributed by atoms with Crippen LogP contribution in [0.15, 0.2) is 36.9 Å². The molecule has 0 unspecified atom stereocenters. The Kier molecular flexibility index (Phi) is 3.46. The van der Waals surface area contributed by atoms with Gasteiger partial charge in [-0.3, -0.25) is 0 Å². The Hall–Kier alpha value is -2.10. The minimum absolute atomic E-state index is 0.961. The molecule has 0 aromatic carbocycles. The zero-order chi connectivity index (χ0) is 13.1. The lowest BCUT2D eigenvalue weighted by atomic mass is 10.3. The quantitative estimate of drug-likeness (QED) is 0.657. The van der Waals surface area contributed by atoms with Crippen molar-refractivity contribution in [2.75, 3.05) is 0 Å². The highest BCUT2D eigenvalue weighted by molar-refractivity contribution is 5.49. The highest BCUT2D eigenvalue weighted by atomic mass is 15.1. The van der Waals surface area contributed by atoms with E-state index in [2.05, 4.69) is 26.5 Å². The molecule has 0 spiro atoms. The van der Waals surface area contributed by atoms with Crippen LogP contribution >= 0.6 is 0 Å². The number of aryl methyl sites for hydroxylation is 2. The third-order valence-corrected chi connectivity index (χ3v) is 2.79. The van der Waals surface area contributed by atoms with Crippen LogP contribution in [0, 0.1) is 13.8 Å². The molecule has 0 radical (unpaired) electrons. The van der Waals surface area contributed by atoms with Crippen LogP contribution in [0.25, 0.3) is 11.3 Å². The van der Waals surface area contributed by atoms with Gasteiger partial charge < -0.3 is 8.97 Å². The number of aromatic nitrogens is 4. The number of imidazole rings is 2. The third-order valence-electron chi connectivity index (χ3n) is 2.79. The van der Waals surface area contributed by atoms with E-state index in [-0.39, 0.29) is 0 Å². The molecule has 3 rings (SSSR count). The maximum Gasteiger partial charge on any atom is 0.138 e. The first-order valence-electron chi connectivity index (χ1n) is 6.20. The molecule has 0 bridgehead atoms. The predicted octanol–water partition coefficient (Wildman–Crippen LogP) is 3.16. The fraction of sp³-hybridized carbons (Fsp3) is 0.286. The number of hydrogen-bond donors (Lipinski definition) is 0.